The number of H-pyrrole nitrogens is 1. The van der Waals surface area contributed by atoms with E-state index in [1.165, 1.54) is 4.68 Å². The van der Waals surface area contributed by atoms with Crippen LogP contribution in [0.15, 0.2) is 10.9 Å². The van der Waals surface area contributed by atoms with Crippen LogP contribution in [0.2, 0.25) is 0 Å². The van der Waals surface area contributed by atoms with Gasteiger partial charge in [-0.05, 0) is 0 Å². The maximum absolute atomic E-state index is 11.4. The Balaban J connectivity index is 1.99. The molecule has 96 valence electrons. The standard InChI is InChI=1S/C11H19N3O3/c1-13-11(15)7-9(12-13)10-8-14(3-5-16-2)4-6-17-10/h7,10,12H,3-6,8H2,1-2H3. The van der Waals surface area contributed by atoms with Crippen LogP contribution in [-0.2, 0) is 16.5 Å². The molecule has 1 N–H and O–H groups in total. The summed E-state index contributed by atoms with van der Waals surface area (Å²) in [4.78, 5) is 13.7. The van der Waals surface area contributed by atoms with Crippen LogP contribution < -0.4 is 5.56 Å². The summed E-state index contributed by atoms with van der Waals surface area (Å²) in [5, 5.41) is 3.01. The van der Waals surface area contributed by atoms with Gasteiger partial charge in [-0.3, -0.25) is 19.5 Å². The zero-order valence-electron chi connectivity index (χ0n) is 10.3. The van der Waals surface area contributed by atoms with Gasteiger partial charge in [-0.15, -0.1) is 0 Å². The Kier molecular flexibility index (Phi) is 3.98. The van der Waals surface area contributed by atoms with Crippen LogP contribution in [0.4, 0.5) is 0 Å². The van der Waals surface area contributed by atoms with Gasteiger partial charge in [-0.1, -0.05) is 0 Å². The first-order valence-corrected chi connectivity index (χ1v) is 5.79. The Morgan fingerprint density at radius 1 is 1.65 bits per heavy atom. The largest absolute Gasteiger partial charge is 0.383 e. The summed E-state index contributed by atoms with van der Waals surface area (Å²) in [6.07, 6.45) is -0.0468. The smallest absolute Gasteiger partial charge is 0.266 e. The van der Waals surface area contributed by atoms with Crippen LogP contribution in [0.25, 0.3) is 0 Å². The third kappa shape index (κ3) is 2.96. The first kappa shape index (κ1) is 12.3. The molecule has 17 heavy (non-hydrogen) atoms. The Labute approximate surface area is 100 Å². The van der Waals surface area contributed by atoms with E-state index in [1.807, 2.05) is 0 Å². The molecule has 0 aromatic carbocycles. The van der Waals surface area contributed by atoms with Gasteiger partial charge in [0.05, 0.1) is 18.9 Å². The monoisotopic (exact) mass is 241 g/mol. The predicted octanol–water partition coefficient (Wildman–Crippen LogP) is -0.267. The number of morpholine rings is 1. The van der Waals surface area contributed by atoms with Crippen LogP contribution in [0, 0.1) is 0 Å². The van der Waals surface area contributed by atoms with Gasteiger partial charge < -0.3 is 9.47 Å². The molecule has 1 unspecified atom stereocenters. The Morgan fingerprint density at radius 2 is 2.47 bits per heavy atom. The topological polar surface area (TPSA) is 59.5 Å². The highest BCUT2D eigenvalue weighted by atomic mass is 16.5. The van der Waals surface area contributed by atoms with Crippen molar-refractivity contribution in [1.82, 2.24) is 14.7 Å². The van der Waals surface area contributed by atoms with E-state index in [1.54, 1.807) is 20.2 Å². The number of hydrogen-bond acceptors (Lipinski definition) is 4. The molecule has 0 spiro atoms. The third-order valence-corrected chi connectivity index (χ3v) is 3.02. The number of rotatable bonds is 4. The van der Waals surface area contributed by atoms with Crippen LogP contribution in [-0.4, -0.2) is 54.6 Å². The fraction of sp³-hybridized carbons (Fsp3) is 0.727. The van der Waals surface area contributed by atoms with E-state index < -0.39 is 0 Å². The van der Waals surface area contributed by atoms with Crippen LogP contribution in [0.5, 0.6) is 0 Å². The molecule has 0 saturated carbocycles. The molecule has 1 aromatic rings. The minimum Gasteiger partial charge on any atom is -0.383 e. The molecule has 0 amide bonds. The number of nitrogens with one attached hydrogen (secondary N) is 1. The quantitative estimate of drug-likeness (QED) is 0.788. The van der Waals surface area contributed by atoms with E-state index in [2.05, 4.69) is 10.00 Å². The molecule has 2 heterocycles. The van der Waals surface area contributed by atoms with Gasteiger partial charge in [0, 0.05) is 39.9 Å². The number of aromatic amines is 1. The molecular weight excluding hydrogens is 222 g/mol. The average Bonchev–Trinajstić information content (AvgIpc) is 2.68. The Bertz CT molecular complexity index is 412. The zero-order chi connectivity index (χ0) is 12.3. The van der Waals surface area contributed by atoms with Gasteiger partial charge in [0.15, 0.2) is 0 Å². The second-order valence-corrected chi connectivity index (χ2v) is 4.26. The number of aryl methyl sites for hydroxylation is 1. The summed E-state index contributed by atoms with van der Waals surface area (Å²) < 4.78 is 12.2. The molecule has 6 nitrogen and oxygen atoms in total. The maximum Gasteiger partial charge on any atom is 0.266 e. The summed E-state index contributed by atoms with van der Waals surface area (Å²) in [6.45, 7) is 4.01. The molecule has 1 aliphatic heterocycles. The Hall–Kier alpha value is -1.11. The third-order valence-electron chi connectivity index (χ3n) is 3.02. The molecule has 0 aliphatic carbocycles. The van der Waals surface area contributed by atoms with Crippen LogP contribution >= 0.6 is 0 Å². The maximum atomic E-state index is 11.4. The van der Waals surface area contributed by atoms with E-state index in [0.717, 1.165) is 31.9 Å². The number of ether oxygens (including phenoxy) is 2. The van der Waals surface area contributed by atoms with Gasteiger partial charge in [0.1, 0.15) is 6.10 Å². The van der Waals surface area contributed by atoms with Crippen molar-refractivity contribution >= 4 is 0 Å². The second-order valence-electron chi connectivity index (χ2n) is 4.26. The van der Waals surface area contributed by atoms with Crippen molar-refractivity contribution in [3.8, 4) is 0 Å². The number of methoxy groups -OCH3 is 1. The fourth-order valence-electron chi connectivity index (χ4n) is 1.99. The summed E-state index contributed by atoms with van der Waals surface area (Å²) in [5.41, 5.74) is 0.817. The highest BCUT2D eigenvalue weighted by molar-refractivity contribution is 5.05. The summed E-state index contributed by atoms with van der Waals surface area (Å²) in [5.74, 6) is 0. The number of nitrogens with zero attached hydrogens (tertiary/aromatic N) is 2. The van der Waals surface area contributed by atoms with E-state index in [-0.39, 0.29) is 11.7 Å². The molecule has 0 bridgehead atoms. The van der Waals surface area contributed by atoms with Crippen molar-refractivity contribution in [3.63, 3.8) is 0 Å². The molecule has 1 atom stereocenters. The number of hydrogen-bond donors (Lipinski definition) is 1. The van der Waals surface area contributed by atoms with E-state index in [0.29, 0.717) is 6.61 Å². The minimum atomic E-state index is -0.0468. The molecule has 1 saturated heterocycles. The van der Waals surface area contributed by atoms with Crippen molar-refractivity contribution in [2.45, 2.75) is 6.10 Å². The molecule has 1 fully saturated rings. The fourth-order valence-corrected chi connectivity index (χ4v) is 1.99. The lowest BCUT2D eigenvalue weighted by atomic mass is 10.2. The molecule has 1 aliphatic rings. The van der Waals surface area contributed by atoms with Crippen molar-refractivity contribution in [3.05, 3.63) is 22.1 Å². The SMILES string of the molecule is COCCN1CCOC(c2cc(=O)n(C)[nH]2)C1. The molecule has 6 heteroatoms. The lowest BCUT2D eigenvalue weighted by Gasteiger charge is -2.32. The zero-order valence-corrected chi connectivity index (χ0v) is 10.3. The average molecular weight is 241 g/mol. The van der Waals surface area contributed by atoms with Crippen molar-refractivity contribution in [2.75, 3.05) is 40.0 Å². The number of aromatic nitrogens is 2. The van der Waals surface area contributed by atoms with Crippen LogP contribution in [0.1, 0.15) is 11.8 Å². The molecular formula is C11H19N3O3. The first-order chi connectivity index (χ1) is 8.20. The van der Waals surface area contributed by atoms with Gasteiger partial charge in [-0.25, -0.2) is 0 Å². The van der Waals surface area contributed by atoms with Crippen molar-refractivity contribution in [2.24, 2.45) is 7.05 Å². The van der Waals surface area contributed by atoms with Crippen LogP contribution in [0.3, 0.4) is 0 Å². The van der Waals surface area contributed by atoms with Crippen molar-refractivity contribution < 1.29 is 9.47 Å². The summed E-state index contributed by atoms with van der Waals surface area (Å²) >= 11 is 0. The van der Waals surface area contributed by atoms with E-state index in [4.69, 9.17) is 9.47 Å². The highest BCUT2D eigenvalue weighted by Crippen LogP contribution is 2.19. The minimum absolute atomic E-state index is 0.0300. The summed E-state index contributed by atoms with van der Waals surface area (Å²) in [6, 6.07) is 1.60. The van der Waals surface area contributed by atoms with E-state index in [9.17, 15) is 4.79 Å². The van der Waals surface area contributed by atoms with Gasteiger partial charge in [0.25, 0.3) is 5.56 Å². The Morgan fingerprint density at radius 3 is 3.12 bits per heavy atom. The lowest BCUT2D eigenvalue weighted by Crippen LogP contribution is -2.40. The normalized spacial score (nSPS) is 21.9. The van der Waals surface area contributed by atoms with Gasteiger partial charge in [-0.2, -0.15) is 0 Å². The predicted molar refractivity (Wildman–Crippen MR) is 63.0 cm³/mol. The highest BCUT2D eigenvalue weighted by Gasteiger charge is 2.23. The van der Waals surface area contributed by atoms with E-state index >= 15 is 0 Å². The van der Waals surface area contributed by atoms with Gasteiger partial charge in [0.2, 0.25) is 0 Å². The van der Waals surface area contributed by atoms with Crippen molar-refractivity contribution in [1.29, 1.82) is 0 Å². The molecule has 2 rings (SSSR count). The molecule has 1 aromatic heterocycles. The second kappa shape index (κ2) is 5.48. The lowest BCUT2D eigenvalue weighted by molar-refractivity contribution is -0.0377. The molecule has 0 radical (unpaired) electrons. The first-order valence-electron chi connectivity index (χ1n) is 5.79. The summed E-state index contributed by atoms with van der Waals surface area (Å²) in [7, 11) is 3.41. The van der Waals surface area contributed by atoms with Gasteiger partial charge >= 0.3 is 0 Å².